The molecule has 1 aromatic carbocycles. The Balaban J connectivity index is 1.88. The Hall–Kier alpha value is -3.33. The zero-order chi connectivity index (χ0) is 24.9. The second-order valence-electron chi connectivity index (χ2n) is 8.10. The number of hydrogen-bond donors (Lipinski definition) is 2. The minimum atomic E-state index is -4.50. The van der Waals surface area contributed by atoms with Crippen LogP contribution in [0.1, 0.15) is 52.1 Å². The Bertz CT molecular complexity index is 1120. The van der Waals surface area contributed by atoms with Crippen LogP contribution in [0.25, 0.3) is 0 Å². The van der Waals surface area contributed by atoms with Gasteiger partial charge < -0.3 is 5.32 Å². The van der Waals surface area contributed by atoms with Crippen LogP contribution >= 0.6 is 0 Å². The molecule has 3 aromatic rings. The van der Waals surface area contributed by atoms with Crippen LogP contribution in [0.3, 0.4) is 0 Å². The van der Waals surface area contributed by atoms with Crippen LogP contribution in [-0.4, -0.2) is 22.9 Å². The van der Waals surface area contributed by atoms with Crippen molar-refractivity contribution in [3.63, 3.8) is 0 Å². The first-order valence-electron chi connectivity index (χ1n) is 10.8. The summed E-state index contributed by atoms with van der Waals surface area (Å²) in [6.07, 6.45) is -0.848. The smallest absolute Gasteiger partial charge is 0.358 e. The van der Waals surface area contributed by atoms with Crippen LogP contribution < -0.4 is 10.6 Å². The lowest BCUT2D eigenvalue weighted by Crippen LogP contribution is -2.38. The number of nitrogens with zero attached hydrogens (tertiary/aromatic N) is 2. The predicted molar refractivity (Wildman–Crippen MR) is 120 cm³/mol. The second kappa shape index (κ2) is 10.7. The average molecular weight is 475 g/mol. The van der Waals surface area contributed by atoms with Crippen LogP contribution in [0.15, 0.2) is 54.9 Å². The van der Waals surface area contributed by atoms with E-state index in [0.29, 0.717) is 29.5 Å². The number of benzene rings is 1. The number of pyridine rings is 2. The normalized spacial score (nSPS) is 13.4. The number of hydrogen-bond acceptors (Lipinski definition) is 4. The monoisotopic (exact) mass is 474 g/mol. The molecule has 0 bridgehead atoms. The number of halogens is 4. The third kappa shape index (κ3) is 6.38. The lowest BCUT2D eigenvalue weighted by Gasteiger charge is -2.26. The lowest BCUT2D eigenvalue weighted by atomic mass is 9.96. The summed E-state index contributed by atoms with van der Waals surface area (Å²) in [6.45, 7) is 3.49. The van der Waals surface area contributed by atoms with E-state index in [-0.39, 0.29) is 11.7 Å². The fourth-order valence-electron chi connectivity index (χ4n) is 3.60. The molecule has 2 N–H and O–H groups in total. The highest BCUT2D eigenvalue weighted by Gasteiger charge is 2.32. The summed E-state index contributed by atoms with van der Waals surface area (Å²) < 4.78 is 52.4. The predicted octanol–water partition coefficient (Wildman–Crippen LogP) is 5.00. The van der Waals surface area contributed by atoms with Gasteiger partial charge in [0.25, 0.3) is 0 Å². The van der Waals surface area contributed by atoms with Crippen LogP contribution in [-0.2, 0) is 17.4 Å². The van der Waals surface area contributed by atoms with Gasteiger partial charge in [-0.1, -0.05) is 24.3 Å². The molecule has 9 heteroatoms. The molecule has 180 valence electrons. The second-order valence-corrected chi connectivity index (χ2v) is 8.10. The van der Waals surface area contributed by atoms with Crippen LogP contribution in [0.4, 0.5) is 17.6 Å². The zero-order valence-electron chi connectivity index (χ0n) is 19.1. The third-order valence-electron chi connectivity index (χ3n) is 5.57. The molecule has 0 spiro atoms. The zero-order valence-corrected chi connectivity index (χ0v) is 19.1. The number of amides is 1. The first-order chi connectivity index (χ1) is 16.1. The Morgan fingerprint density at radius 3 is 2.29 bits per heavy atom. The molecular weight excluding hydrogens is 448 g/mol. The molecule has 1 amide bonds. The Morgan fingerprint density at radius 1 is 1.00 bits per heavy atom. The van der Waals surface area contributed by atoms with E-state index in [0.717, 1.165) is 17.3 Å². The van der Waals surface area contributed by atoms with E-state index in [2.05, 4.69) is 20.6 Å². The maximum atomic E-state index is 13.9. The van der Waals surface area contributed by atoms with Gasteiger partial charge in [0, 0.05) is 31.2 Å². The highest BCUT2D eigenvalue weighted by atomic mass is 19.4. The fraction of sp³-hybridized carbons (Fsp3) is 0.320. The number of likely N-dealkylation sites (N-methyl/N-ethyl adjacent to an activating group) is 1. The van der Waals surface area contributed by atoms with Crippen molar-refractivity contribution in [1.82, 2.24) is 20.6 Å². The maximum absolute atomic E-state index is 13.9. The minimum absolute atomic E-state index is 0.273. The minimum Gasteiger partial charge on any atom is -0.358 e. The number of aromatic nitrogens is 2. The first kappa shape index (κ1) is 25.3. The van der Waals surface area contributed by atoms with Gasteiger partial charge >= 0.3 is 6.18 Å². The Labute approximate surface area is 195 Å². The van der Waals surface area contributed by atoms with Crippen molar-refractivity contribution in [2.24, 2.45) is 0 Å². The Kier molecular flexibility index (Phi) is 7.98. The van der Waals surface area contributed by atoms with E-state index >= 15 is 0 Å². The van der Waals surface area contributed by atoms with E-state index < -0.39 is 24.0 Å². The van der Waals surface area contributed by atoms with Crippen molar-refractivity contribution < 1.29 is 22.4 Å². The molecule has 3 rings (SSSR count). The standard InChI is InChI=1S/C25H26F4N4O/c1-15-12-18(8-9-20(15)26)21(10-5-17-6-11-22(32-13-17)25(27,28)29)33-23(24(34)30-3)19-7-4-16(2)31-14-19/h4,6-9,11-14,21,23,33H,5,10H2,1-3H3,(H,30,34)/t21-,23?/m1/s1. The molecule has 0 radical (unpaired) electrons. The quantitative estimate of drug-likeness (QED) is 0.451. The van der Waals surface area contributed by atoms with Gasteiger partial charge in [-0.05, 0) is 67.1 Å². The number of aryl methyl sites for hydroxylation is 3. The topological polar surface area (TPSA) is 66.9 Å². The van der Waals surface area contributed by atoms with Crippen molar-refractivity contribution in [2.75, 3.05) is 7.05 Å². The van der Waals surface area contributed by atoms with E-state index in [4.69, 9.17) is 0 Å². The molecular formula is C25H26F4N4O. The maximum Gasteiger partial charge on any atom is 0.433 e. The summed E-state index contributed by atoms with van der Waals surface area (Å²) in [4.78, 5) is 20.5. The van der Waals surface area contributed by atoms with E-state index in [1.54, 1.807) is 31.3 Å². The molecule has 0 aliphatic rings. The Morgan fingerprint density at radius 2 is 1.74 bits per heavy atom. The van der Waals surface area contributed by atoms with Gasteiger partial charge in [-0.2, -0.15) is 13.2 Å². The van der Waals surface area contributed by atoms with Crippen LogP contribution in [0.5, 0.6) is 0 Å². The fourth-order valence-corrected chi connectivity index (χ4v) is 3.60. The number of carbonyl (C=O) groups is 1. The van der Waals surface area contributed by atoms with Crippen molar-refractivity contribution in [3.8, 4) is 0 Å². The first-order valence-corrected chi connectivity index (χ1v) is 10.8. The number of rotatable bonds is 8. The van der Waals surface area contributed by atoms with Gasteiger partial charge in [-0.15, -0.1) is 0 Å². The summed E-state index contributed by atoms with van der Waals surface area (Å²) in [6, 6.07) is 9.52. The third-order valence-corrected chi connectivity index (χ3v) is 5.57. The SMILES string of the molecule is CNC(=O)C(N[C@H](CCc1ccc(C(F)(F)F)nc1)c1ccc(F)c(C)c1)c1ccc(C)nc1. The molecule has 0 aliphatic carbocycles. The van der Waals surface area contributed by atoms with Gasteiger partial charge in [0.2, 0.25) is 5.91 Å². The van der Waals surface area contributed by atoms with Gasteiger partial charge in [-0.25, -0.2) is 4.39 Å². The van der Waals surface area contributed by atoms with Gasteiger partial charge in [0.15, 0.2) is 0 Å². The van der Waals surface area contributed by atoms with Crippen molar-refractivity contribution >= 4 is 5.91 Å². The van der Waals surface area contributed by atoms with Gasteiger partial charge in [-0.3, -0.25) is 20.1 Å². The summed E-state index contributed by atoms with van der Waals surface area (Å²) in [5.74, 6) is -0.620. The summed E-state index contributed by atoms with van der Waals surface area (Å²) >= 11 is 0. The highest BCUT2D eigenvalue weighted by molar-refractivity contribution is 5.82. The van der Waals surface area contributed by atoms with E-state index in [1.807, 2.05) is 13.0 Å². The lowest BCUT2D eigenvalue weighted by molar-refractivity contribution is -0.141. The number of carbonyl (C=O) groups excluding carboxylic acids is 1. The van der Waals surface area contributed by atoms with Crippen molar-refractivity contribution in [3.05, 3.63) is 94.3 Å². The van der Waals surface area contributed by atoms with Crippen molar-refractivity contribution in [2.45, 2.75) is 44.9 Å². The summed E-state index contributed by atoms with van der Waals surface area (Å²) in [5.41, 5.74) is 2.34. The molecule has 0 saturated carbocycles. The molecule has 1 unspecified atom stereocenters. The van der Waals surface area contributed by atoms with Crippen LogP contribution in [0.2, 0.25) is 0 Å². The van der Waals surface area contributed by atoms with E-state index in [9.17, 15) is 22.4 Å². The molecule has 2 aromatic heterocycles. The molecule has 0 saturated heterocycles. The molecule has 5 nitrogen and oxygen atoms in total. The molecule has 2 heterocycles. The molecule has 0 fully saturated rings. The summed E-state index contributed by atoms with van der Waals surface area (Å²) in [5, 5.41) is 5.98. The van der Waals surface area contributed by atoms with Crippen molar-refractivity contribution in [1.29, 1.82) is 0 Å². The van der Waals surface area contributed by atoms with Gasteiger partial charge in [0.05, 0.1) is 0 Å². The molecule has 0 aliphatic heterocycles. The largest absolute Gasteiger partial charge is 0.433 e. The number of nitrogens with one attached hydrogen (secondary N) is 2. The molecule has 2 atom stereocenters. The summed E-state index contributed by atoms with van der Waals surface area (Å²) in [7, 11) is 1.53. The van der Waals surface area contributed by atoms with Crippen LogP contribution in [0, 0.1) is 19.7 Å². The average Bonchev–Trinajstić information content (AvgIpc) is 2.81. The molecule has 34 heavy (non-hydrogen) atoms. The number of alkyl halides is 3. The highest BCUT2D eigenvalue weighted by Crippen LogP contribution is 2.29. The van der Waals surface area contributed by atoms with Gasteiger partial charge in [0.1, 0.15) is 17.6 Å². The van der Waals surface area contributed by atoms with E-state index in [1.165, 1.54) is 25.4 Å².